The summed E-state index contributed by atoms with van der Waals surface area (Å²) in [6, 6.07) is 11.7. The molecule has 0 unspecified atom stereocenters. The van der Waals surface area contributed by atoms with Gasteiger partial charge in [-0.3, -0.25) is 0 Å². The molecule has 0 saturated heterocycles. The van der Waals surface area contributed by atoms with Crippen LogP contribution in [0.5, 0.6) is 5.75 Å². The minimum absolute atomic E-state index is 0.475. The Morgan fingerprint density at radius 2 is 1.83 bits per heavy atom. The van der Waals surface area contributed by atoms with Crippen LogP contribution in [-0.4, -0.2) is 4.98 Å². The molecule has 96 valence electrons. The highest BCUT2D eigenvalue weighted by molar-refractivity contribution is 6.29. The number of aromatic nitrogens is 1. The lowest BCUT2D eigenvalue weighted by atomic mass is 10.1. The summed E-state index contributed by atoms with van der Waals surface area (Å²) in [6.45, 7) is 6.62. The molecule has 0 bridgehead atoms. The molecule has 0 saturated carbocycles. The lowest BCUT2D eigenvalue weighted by Gasteiger charge is -2.07. The Morgan fingerprint density at radius 3 is 2.44 bits per heavy atom. The molecule has 0 atom stereocenters. The van der Waals surface area contributed by atoms with Gasteiger partial charge in [0.2, 0.25) is 0 Å². The minimum atomic E-state index is 0.475. The minimum Gasteiger partial charge on any atom is -0.487 e. The molecule has 2 rings (SSSR count). The molecule has 1 aromatic heterocycles. The van der Waals surface area contributed by atoms with Gasteiger partial charge in [0.1, 0.15) is 17.5 Å². The van der Waals surface area contributed by atoms with Crippen LogP contribution in [0.4, 0.5) is 0 Å². The third kappa shape index (κ3) is 4.38. The van der Waals surface area contributed by atoms with Gasteiger partial charge in [0.05, 0.1) is 6.20 Å². The SMILES string of the molecule is CC.Cc1ccccc1COc1ccc(Cl)nc1. The quantitative estimate of drug-likeness (QED) is 0.752. The second kappa shape index (κ2) is 7.72. The summed E-state index contributed by atoms with van der Waals surface area (Å²) in [5.74, 6) is 0.729. The van der Waals surface area contributed by atoms with Crippen LogP contribution in [-0.2, 0) is 6.61 Å². The smallest absolute Gasteiger partial charge is 0.138 e. The first-order valence-electron chi connectivity index (χ1n) is 6.04. The molecule has 1 aromatic carbocycles. The van der Waals surface area contributed by atoms with E-state index in [1.54, 1.807) is 12.3 Å². The maximum atomic E-state index is 5.69. The van der Waals surface area contributed by atoms with E-state index in [0.717, 1.165) is 5.75 Å². The van der Waals surface area contributed by atoms with E-state index >= 15 is 0 Å². The fourth-order valence-electron chi connectivity index (χ4n) is 1.38. The molecule has 0 aliphatic heterocycles. The molecule has 0 fully saturated rings. The summed E-state index contributed by atoms with van der Waals surface area (Å²) >= 11 is 5.69. The molecule has 0 aliphatic rings. The first kappa shape index (κ1) is 14.5. The van der Waals surface area contributed by atoms with Crippen molar-refractivity contribution in [2.75, 3.05) is 0 Å². The van der Waals surface area contributed by atoms with Crippen LogP contribution in [0.1, 0.15) is 25.0 Å². The van der Waals surface area contributed by atoms with Gasteiger partial charge in [-0.2, -0.15) is 0 Å². The summed E-state index contributed by atoms with van der Waals surface area (Å²) in [6.07, 6.45) is 1.63. The van der Waals surface area contributed by atoms with Crippen LogP contribution in [0.3, 0.4) is 0 Å². The Labute approximate surface area is 114 Å². The number of rotatable bonds is 3. The van der Waals surface area contributed by atoms with Crippen LogP contribution in [0.2, 0.25) is 5.15 Å². The molecule has 2 nitrogen and oxygen atoms in total. The van der Waals surface area contributed by atoms with Gasteiger partial charge >= 0.3 is 0 Å². The van der Waals surface area contributed by atoms with Crippen molar-refractivity contribution in [1.29, 1.82) is 0 Å². The average Bonchev–Trinajstić information content (AvgIpc) is 2.42. The van der Waals surface area contributed by atoms with Crippen molar-refractivity contribution in [1.82, 2.24) is 4.98 Å². The number of ether oxygens (including phenoxy) is 1. The fraction of sp³-hybridized carbons (Fsp3) is 0.267. The van der Waals surface area contributed by atoms with E-state index in [1.165, 1.54) is 11.1 Å². The second-order valence-corrected chi connectivity index (χ2v) is 3.92. The van der Waals surface area contributed by atoms with Crippen LogP contribution in [0, 0.1) is 6.92 Å². The Bertz CT molecular complexity index is 468. The van der Waals surface area contributed by atoms with Gasteiger partial charge < -0.3 is 4.74 Å². The third-order valence-electron chi connectivity index (χ3n) is 2.36. The van der Waals surface area contributed by atoms with Crippen molar-refractivity contribution in [2.24, 2.45) is 0 Å². The van der Waals surface area contributed by atoms with Gasteiger partial charge in [-0.05, 0) is 30.2 Å². The van der Waals surface area contributed by atoms with Crippen molar-refractivity contribution < 1.29 is 4.74 Å². The highest BCUT2D eigenvalue weighted by Crippen LogP contribution is 2.15. The molecule has 0 amide bonds. The zero-order chi connectivity index (χ0) is 13.4. The van der Waals surface area contributed by atoms with E-state index in [2.05, 4.69) is 24.0 Å². The molecule has 0 radical (unpaired) electrons. The lowest BCUT2D eigenvalue weighted by Crippen LogP contribution is -1.97. The predicted octanol–water partition coefficient (Wildman–Crippen LogP) is 4.65. The van der Waals surface area contributed by atoms with Crippen LogP contribution in [0.15, 0.2) is 42.6 Å². The molecular weight excluding hydrogens is 246 g/mol. The van der Waals surface area contributed by atoms with Gasteiger partial charge in [-0.25, -0.2) is 4.98 Å². The number of halogens is 1. The Kier molecular flexibility index (Phi) is 6.23. The van der Waals surface area contributed by atoms with Gasteiger partial charge in [-0.1, -0.05) is 49.7 Å². The topological polar surface area (TPSA) is 22.1 Å². The molecule has 1 heterocycles. The monoisotopic (exact) mass is 263 g/mol. The first-order chi connectivity index (χ1) is 8.75. The van der Waals surface area contributed by atoms with Crippen molar-refractivity contribution in [3.63, 3.8) is 0 Å². The number of hydrogen-bond acceptors (Lipinski definition) is 2. The van der Waals surface area contributed by atoms with Crippen LogP contribution >= 0.6 is 11.6 Å². The Hall–Kier alpha value is -1.54. The van der Waals surface area contributed by atoms with Gasteiger partial charge in [0.25, 0.3) is 0 Å². The molecule has 2 aromatic rings. The zero-order valence-corrected chi connectivity index (χ0v) is 11.7. The average molecular weight is 264 g/mol. The number of benzene rings is 1. The predicted molar refractivity (Wildman–Crippen MR) is 76.1 cm³/mol. The summed E-state index contributed by atoms with van der Waals surface area (Å²) in [7, 11) is 0. The Balaban J connectivity index is 0.000000771. The van der Waals surface area contributed by atoms with Gasteiger partial charge in [0, 0.05) is 0 Å². The molecule has 0 aliphatic carbocycles. The molecule has 3 heteroatoms. The molecule has 0 spiro atoms. The van der Waals surface area contributed by atoms with E-state index in [0.29, 0.717) is 11.8 Å². The van der Waals surface area contributed by atoms with Crippen LogP contribution < -0.4 is 4.74 Å². The maximum Gasteiger partial charge on any atom is 0.138 e. The number of pyridine rings is 1. The van der Waals surface area contributed by atoms with E-state index in [9.17, 15) is 0 Å². The van der Waals surface area contributed by atoms with Crippen molar-refractivity contribution >= 4 is 11.6 Å². The summed E-state index contributed by atoms with van der Waals surface area (Å²) in [5, 5.41) is 0.475. The van der Waals surface area contributed by atoms with Crippen molar-refractivity contribution in [3.8, 4) is 5.75 Å². The lowest BCUT2D eigenvalue weighted by molar-refractivity contribution is 0.304. The fourth-order valence-corrected chi connectivity index (χ4v) is 1.49. The van der Waals surface area contributed by atoms with E-state index in [1.807, 2.05) is 32.0 Å². The van der Waals surface area contributed by atoms with Crippen molar-refractivity contribution in [2.45, 2.75) is 27.4 Å². The molecule has 18 heavy (non-hydrogen) atoms. The van der Waals surface area contributed by atoms with E-state index in [-0.39, 0.29) is 0 Å². The van der Waals surface area contributed by atoms with E-state index in [4.69, 9.17) is 16.3 Å². The highest BCUT2D eigenvalue weighted by atomic mass is 35.5. The molecule has 0 N–H and O–H groups in total. The largest absolute Gasteiger partial charge is 0.487 e. The standard InChI is InChI=1S/C13H12ClNO.C2H6/c1-10-4-2-3-5-11(10)9-16-12-6-7-13(14)15-8-12;1-2/h2-8H,9H2,1H3;1-2H3. The second-order valence-electron chi connectivity index (χ2n) is 3.53. The third-order valence-corrected chi connectivity index (χ3v) is 2.58. The Morgan fingerprint density at radius 1 is 1.11 bits per heavy atom. The van der Waals surface area contributed by atoms with Gasteiger partial charge in [-0.15, -0.1) is 0 Å². The normalized spacial score (nSPS) is 9.33. The zero-order valence-electron chi connectivity index (χ0n) is 11.0. The number of aryl methyl sites for hydroxylation is 1. The first-order valence-corrected chi connectivity index (χ1v) is 6.42. The van der Waals surface area contributed by atoms with E-state index < -0.39 is 0 Å². The maximum absolute atomic E-state index is 5.69. The van der Waals surface area contributed by atoms with Crippen LogP contribution in [0.25, 0.3) is 0 Å². The summed E-state index contributed by atoms with van der Waals surface area (Å²) in [4.78, 5) is 3.95. The summed E-state index contributed by atoms with van der Waals surface area (Å²) in [5.41, 5.74) is 2.40. The highest BCUT2D eigenvalue weighted by Gasteiger charge is 1.99. The molecular formula is C15H18ClNO. The van der Waals surface area contributed by atoms with Gasteiger partial charge in [0.15, 0.2) is 0 Å². The van der Waals surface area contributed by atoms with Crippen molar-refractivity contribution in [3.05, 3.63) is 58.9 Å². The summed E-state index contributed by atoms with van der Waals surface area (Å²) < 4.78 is 5.61. The number of nitrogens with zero attached hydrogens (tertiary/aromatic N) is 1. The number of hydrogen-bond donors (Lipinski definition) is 0.